The minimum absolute atomic E-state index is 0.145. The molecule has 16 heavy (non-hydrogen) atoms. The number of rotatable bonds is 6. The normalized spacial score (nSPS) is 14.8. The lowest BCUT2D eigenvalue weighted by atomic mass is 9.95. The van der Waals surface area contributed by atoms with E-state index >= 15 is 0 Å². The summed E-state index contributed by atoms with van der Waals surface area (Å²) in [5.41, 5.74) is 3.51. The van der Waals surface area contributed by atoms with Crippen LogP contribution < -0.4 is 11.3 Å². The fourth-order valence-electron chi connectivity index (χ4n) is 1.79. The number of benzene rings is 1. The van der Waals surface area contributed by atoms with Crippen molar-refractivity contribution in [1.29, 1.82) is 0 Å². The average Bonchev–Trinajstić information content (AvgIpc) is 2.30. The molecule has 0 saturated carbocycles. The Kier molecular flexibility index (Phi) is 5.43. The maximum absolute atomic E-state index is 13.4. The van der Waals surface area contributed by atoms with Crippen molar-refractivity contribution in [3.63, 3.8) is 0 Å². The van der Waals surface area contributed by atoms with Gasteiger partial charge in [0, 0.05) is 6.04 Å². The molecule has 0 heterocycles. The van der Waals surface area contributed by atoms with E-state index < -0.39 is 0 Å². The average molecular weight is 224 g/mol. The number of nitrogens with two attached hydrogens (primary N) is 1. The molecule has 1 aromatic rings. The lowest BCUT2D eigenvalue weighted by Gasteiger charge is -2.19. The van der Waals surface area contributed by atoms with Crippen LogP contribution in [0.1, 0.15) is 32.3 Å². The third kappa shape index (κ3) is 3.91. The highest BCUT2D eigenvalue weighted by molar-refractivity contribution is 5.18. The Morgan fingerprint density at radius 1 is 1.38 bits per heavy atom. The number of hydrogen-bond acceptors (Lipinski definition) is 2. The molecule has 3 heteroatoms. The van der Waals surface area contributed by atoms with Crippen LogP contribution in [0, 0.1) is 11.7 Å². The molecule has 2 unspecified atom stereocenters. The largest absolute Gasteiger partial charge is 0.271 e. The van der Waals surface area contributed by atoms with Crippen LogP contribution in [0.4, 0.5) is 4.39 Å². The van der Waals surface area contributed by atoms with Crippen molar-refractivity contribution in [1.82, 2.24) is 5.43 Å². The van der Waals surface area contributed by atoms with E-state index in [2.05, 4.69) is 19.3 Å². The second kappa shape index (κ2) is 6.61. The summed E-state index contributed by atoms with van der Waals surface area (Å²) in [5.74, 6) is 5.96. The number of halogens is 1. The zero-order valence-electron chi connectivity index (χ0n) is 10.0. The second-order valence-corrected chi connectivity index (χ2v) is 4.41. The van der Waals surface area contributed by atoms with Crippen molar-refractivity contribution < 1.29 is 4.39 Å². The summed E-state index contributed by atoms with van der Waals surface area (Å²) in [4.78, 5) is 0. The summed E-state index contributed by atoms with van der Waals surface area (Å²) in [6.45, 7) is 4.34. The van der Waals surface area contributed by atoms with Crippen LogP contribution in [-0.2, 0) is 6.42 Å². The van der Waals surface area contributed by atoms with Crippen LogP contribution in [0.25, 0.3) is 0 Å². The molecule has 0 bridgehead atoms. The lowest BCUT2D eigenvalue weighted by molar-refractivity contribution is 0.393. The standard InChI is InChI=1S/C13H21FN2/c1-3-10(2)8-12(16-15)9-11-6-4-5-7-13(11)14/h4-7,10,12,16H,3,8-9,15H2,1-2H3. The van der Waals surface area contributed by atoms with Gasteiger partial charge in [-0.05, 0) is 30.4 Å². The van der Waals surface area contributed by atoms with Crippen molar-refractivity contribution in [3.05, 3.63) is 35.6 Å². The van der Waals surface area contributed by atoms with Crippen molar-refractivity contribution in [2.75, 3.05) is 0 Å². The Hall–Kier alpha value is -0.930. The summed E-state index contributed by atoms with van der Waals surface area (Å²) in [6, 6.07) is 7.02. The van der Waals surface area contributed by atoms with Gasteiger partial charge in [0.15, 0.2) is 0 Å². The molecule has 1 aromatic carbocycles. The molecule has 0 radical (unpaired) electrons. The molecule has 0 amide bonds. The Labute approximate surface area is 97.0 Å². The highest BCUT2D eigenvalue weighted by Gasteiger charge is 2.13. The second-order valence-electron chi connectivity index (χ2n) is 4.41. The quantitative estimate of drug-likeness (QED) is 0.576. The zero-order valence-corrected chi connectivity index (χ0v) is 10.0. The topological polar surface area (TPSA) is 38.0 Å². The molecule has 90 valence electrons. The fraction of sp³-hybridized carbons (Fsp3) is 0.538. The van der Waals surface area contributed by atoms with Gasteiger partial charge in [-0.15, -0.1) is 0 Å². The molecule has 0 aliphatic rings. The molecule has 2 nitrogen and oxygen atoms in total. The van der Waals surface area contributed by atoms with Crippen LogP contribution >= 0.6 is 0 Å². The van der Waals surface area contributed by atoms with Crippen molar-refractivity contribution >= 4 is 0 Å². The summed E-state index contributed by atoms with van der Waals surface area (Å²) in [6.07, 6.45) is 2.74. The van der Waals surface area contributed by atoms with Crippen LogP contribution in [0.15, 0.2) is 24.3 Å². The fourth-order valence-corrected chi connectivity index (χ4v) is 1.79. The summed E-state index contributed by atoms with van der Waals surface area (Å²) in [5, 5.41) is 0. The van der Waals surface area contributed by atoms with Crippen molar-refractivity contribution in [2.45, 2.75) is 39.2 Å². The van der Waals surface area contributed by atoms with E-state index in [0.717, 1.165) is 18.4 Å². The minimum Gasteiger partial charge on any atom is -0.271 e. The monoisotopic (exact) mass is 224 g/mol. The highest BCUT2D eigenvalue weighted by atomic mass is 19.1. The number of hydrazine groups is 1. The van der Waals surface area contributed by atoms with E-state index in [1.807, 2.05) is 12.1 Å². The maximum atomic E-state index is 13.4. The Bertz CT molecular complexity index is 315. The van der Waals surface area contributed by atoms with Gasteiger partial charge < -0.3 is 0 Å². The predicted molar refractivity (Wildman–Crippen MR) is 65.3 cm³/mol. The van der Waals surface area contributed by atoms with Gasteiger partial charge in [-0.1, -0.05) is 38.5 Å². The molecule has 2 atom stereocenters. The lowest BCUT2D eigenvalue weighted by Crippen LogP contribution is -2.38. The first kappa shape index (κ1) is 13.1. The molecule has 0 aliphatic carbocycles. The number of hydrogen-bond donors (Lipinski definition) is 2. The maximum Gasteiger partial charge on any atom is 0.126 e. The third-order valence-electron chi connectivity index (χ3n) is 3.04. The van der Waals surface area contributed by atoms with Gasteiger partial charge >= 0.3 is 0 Å². The van der Waals surface area contributed by atoms with Gasteiger partial charge in [-0.25, -0.2) is 4.39 Å². The van der Waals surface area contributed by atoms with Gasteiger partial charge in [0.25, 0.3) is 0 Å². The zero-order chi connectivity index (χ0) is 12.0. The van der Waals surface area contributed by atoms with E-state index in [1.165, 1.54) is 6.07 Å². The van der Waals surface area contributed by atoms with Crippen LogP contribution in [0.2, 0.25) is 0 Å². The van der Waals surface area contributed by atoms with Crippen molar-refractivity contribution in [3.8, 4) is 0 Å². The molecular formula is C13H21FN2. The van der Waals surface area contributed by atoms with Crippen LogP contribution in [0.3, 0.4) is 0 Å². The van der Waals surface area contributed by atoms with E-state index in [1.54, 1.807) is 6.07 Å². The predicted octanol–water partition coefficient (Wildman–Crippen LogP) is 2.64. The van der Waals surface area contributed by atoms with Gasteiger partial charge in [-0.3, -0.25) is 11.3 Å². The van der Waals surface area contributed by atoms with E-state index in [0.29, 0.717) is 12.3 Å². The van der Waals surface area contributed by atoms with E-state index in [-0.39, 0.29) is 11.9 Å². The van der Waals surface area contributed by atoms with Crippen molar-refractivity contribution in [2.24, 2.45) is 11.8 Å². The first-order chi connectivity index (χ1) is 7.67. The molecule has 0 spiro atoms. The Morgan fingerprint density at radius 3 is 2.62 bits per heavy atom. The van der Waals surface area contributed by atoms with E-state index in [4.69, 9.17) is 5.84 Å². The molecule has 1 rings (SSSR count). The molecule has 3 N–H and O–H groups in total. The van der Waals surface area contributed by atoms with Crippen LogP contribution in [0.5, 0.6) is 0 Å². The third-order valence-corrected chi connectivity index (χ3v) is 3.04. The van der Waals surface area contributed by atoms with Gasteiger partial charge in [0.05, 0.1) is 0 Å². The van der Waals surface area contributed by atoms with Gasteiger partial charge in [-0.2, -0.15) is 0 Å². The molecule has 0 fully saturated rings. The summed E-state index contributed by atoms with van der Waals surface area (Å²) in [7, 11) is 0. The Balaban J connectivity index is 2.60. The Morgan fingerprint density at radius 2 is 2.06 bits per heavy atom. The summed E-state index contributed by atoms with van der Waals surface area (Å²) < 4.78 is 13.4. The minimum atomic E-state index is -0.146. The SMILES string of the molecule is CCC(C)CC(Cc1ccccc1F)NN. The number of nitrogens with one attached hydrogen (secondary N) is 1. The molecule has 0 aliphatic heterocycles. The first-order valence-corrected chi connectivity index (χ1v) is 5.86. The molecule has 0 saturated heterocycles. The van der Waals surface area contributed by atoms with E-state index in [9.17, 15) is 4.39 Å². The summed E-state index contributed by atoms with van der Waals surface area (Å²) >= 11 is 0. The van der Waals surface area contributed by atoms with Gasteiger partial charge in [0.1, 0.15) is 5.82 Å². The highest BCUT2D eigenvalue weighted by Crippen LogP contribution is 2.15. The smallest absolute Gasteiger partial charge is 0.126 e. The molecular weight excluding hydrogens is 203 g/mol. The first-order valence-electron chi connectivity index (χ1n) is 5.86. The molecule has 0 aromatic heterocycles. The van der Waals surface area contributed by atoms with Gasteiger partial charge in [0.2, 0.25) is 0 Å². The van der Waals surface area contributed by atoms with Crippen LogP contribution in [-0.4, -0.2) is 6.04 Å².